The second-order valence-electron chi connectivity index (χ2n) is 12.0. The zero-order chi connectivity index (χ0) is 33.3. The highest BCUT2D eigenvalue weighted by molar-refractivity contribution is 7.92. The van der Waals surface area contributed by atoms with Crippen LogP contribution in [0.25, 0.3) is 0 Å². The number of aromatic nitrogens is 1. The number of benzene rings is 1. The molecule has 2 unspecified atom stereocenters. The first kappa shape index (κ1) is 33.1. The van der Waals surface area contributed by atoms with E-state index < -0.39 is 84.5 Å². The molecule has 2 aromatic rings. The van der Waals surface area contributed by atoms with E-state index in [1.807, 2.05) is 0 Å². The van der Waals surface area contributed by atoms with Gasteiger partial charge in [-0.25, -0.2) is 17.2 Å². The summed E-state index contributed by atoms with van der Waals surface area (Å²) in [6.45, 7) is 1.55. The minimum atomic E-state index is -6.44. The molecule has 1 saturated heterocycles. The number of alkyl halides is 7. The second-order valence-corrected chi connectivity index (χ2v) is 14.2. The normalized spacial score (nSPS) is 27.5. The molecule has 1 saturated carbocycles. The number of hydrogen-bond acceptors (Lipinski definition) is 5. The molecule has 1 amide bonds. The topological polar surface area (TPSA) is 105 Å². The molecular formula is C29H28F8N2O5S. The molecule has 2 heterocycles. The van der Waals surface area contributed by atoms with Gasteiger partial charge in [-0.1, -0.05) is 13.0 Å². The van der Waals surface area contributed by atoms with E-state index in [4.69, 9.17) is 0 Å². The maximum absolute atomic E-state index is 14.9. The summed E-state index contributed by atoms with van der Waals surface area (Å²) in [4.78, 5) is 29.8. The average Bonchev–Trinajstić information content (AvgIpc) is 3.37. The van der Waals surface area contributed by atoms with Gasteiger partial charge in [0.25, 0.3) is 0 Å². The second kappa shape index (κ2) is 10.9. The van der Waals surface area contributed by atoms with Gasteiger partial charge in [0.15, 0.2) is 9.84 Å². The van der Waals surface area contributed by atoms with Crippen molar-refractivity contribution < 1.29 is 58.2 Å². The largest absolute Gasteiger partial charge is 0.481 e. The molecule has 16 heteroatoms. The molecule has 5 atom stereocenters. The minimum Gasteiger partial charge on any atom is -0.481 e. The predicted octanol–water partition coefficient (Wildman–Crippen LogP) is 5.86. The molecule has 1 aliphatic heterocycles. The van der Waals surface area contributed by atoms with E-state index in [1.165, 1.54) is 4.90 Å². The van der Waals surface area contributed by atoms with E-state index in [0.29, 0.717) is 6.07 Å². The van der Waals surface area contributed by atoms with Gasteiger partial charge in [-0.2, -0.15) is 26.3 Å². The third-order valence-electron chi connectivity index (χ3n) is 9.58. The highest BCUT2D eigenvalue weighted by atomic mass is 32.2. The maximum Gasteiger partial charge on any atom is 0.437 e. The summed E-state index contributed by atoms with van der Waals surface area (Å²) in [6.07, 6.45) is -13.2. The summed E-state index contributed by atoms with van der Waals surface area (Å²) in [6, 6.07) is 3.39. The number of amides is 1. The lowest BCUT2D eigenvalue weighted by Gasteiger charge is -2.44. The van der Waals surface area contributed by atoms with Gasteiger partial charge < -0.3 is 10.0 Å². The fraction of sp³-hybridized carbons (Fsp3) is 0.552. The number of halogens is 8. The molecule has 7 nitrogen and oxygen atoms in total. The van der Waals surface area contributed by atoms with Crippen molar-refractivity contribution in [3.05, 3.63) is 59.2 Å². The molecule has 1 N–H and O–H groups in total. The first-order chi connectivity index (χ1) is 20.8. The van der Waals surface area contributed by atoms with Crippen molar-refractivity contribution >= 4 is 21.7 Å². The Morgan fingerprint density at radius 2 is 1.58 bits per heavy atom. The van der Waals surface area contributed by atoms with Crippen LogP contribution in [0.15, 0.2) is 41.3 Å². The number of carboxylic acids is 1. The molecule has 0 spiro atoms. The van der Waals surface area contributed by atoms with Crippen molar-refractivity contribution in [3.8, 4) is 0 Å². The van der Waals surface area contributed by atoms with E-state index in [2.05, 4.69) is 4.98 Å². The summed E-state index contributed by atoms with van der Waals surface area (Å²) in [7, 11) is -4.64. The number of nitrogens with zero attached hydrogens (tertiary/aromatic N) is 2. The smallest absolute Gasteiger partial charge is 0.437 e. The Kier molecular flexibility index (Phi) is 8.01. The van der Waals surface area contributed by atoms with Gasteiger partial charge >= 0.3 is 24.0 Å². The van der Waals surface area contributed by atoms with Crippen LogP contribution in [0.3, 0.4) is 0 Å². The zero-order valence-electron chi connectivity index (χ0n) is 23.6. The van der Waals surface area contributed by atoms with Crippen LogP contribution in [0.2, 0.25) is 0 Å². The number of rotatable bonds is 5. The van der Waals surface area contributed by atoms with Gasteiger partial charge in [0, 0.05) is 18.2 Å². The first-order valence-electron chi connectivity index (χ1n) is 14.1. The summed E-state index contributed by atoms with van der Waals surface area (Å²) in [5, 5.41) is 9.41. The number of likely N-dealkylation sites (tertiary alicyclic amines) is 1. The van der Waals surface area contributed by atoms with Gasteiger partial charge in [-0.15, -0.1) is 0 Å². The van der Waals surface area contributed by atoms with Crippen molar-refractivity contribution in [3.63, 3.8) is 0 Å². The number of carbonyl (C=O) groups is 2. The van der Waals surface area contributed by atoms with Gasteiger partial charge in [0.2, 0.25) is 5.91 Å². The van der Waals surface area contributed by atoms with Crippen LogP contribution in [0, 0.1) is 23.6 Å². The predicted molar refractivity (Wildman–Crippen MR) is 140 cm³/mol. The average molecular weight is 669 g/mol. The summed E-state index contributed by atoms with van der Waals surface area (Å²) in [5.41, 5.74) is -8.59. The zero-order valence-corrected chi connectivity index (χ0v) is 24.4. The van der Waals surface area contributed by atoms with Gasteiger partial charge in [-0.3, -0.25) is 14.6 Å². The van der Waals surface area contributed by atoms with Crippen LogP contribution in [0.5, 0.6) is 0 Å². The van der Waals surface area contributed by atoms with Crippen LogP contribution in [-0.4, -0.2) is 60.2 Å². The molecule has 5 rings (SSSR count). The van der Waals surface area contributed by atoms with Crippen molar-refractivity contribution in [2.45, 2.75) is 79.2 Å². The number of hydrogen-bond donors (Lipinski definition) is 1. The maximum atomic E-state index is 14.9. The third-order valence-corrected chi connectivity index (χ3v) is 12.1. The molecule has 45 heavy (non-hydrogen) atoms. The number of carbonyl (C=O) groups excluding carboxylic acids is 1. The van der Waals surface area contributed by atoms with Crippen molar-refractivity contribution in [1.82, 2.24) is 9.88 Å². The molecule has 1 aromatic heterocycles. The van der Waals surface area contributed by atoms with Crippen molar-refractivity contribution in [2.75, 3.05) is 6.54 Å². The van der Waals surface area contributed by atoms with Gasteiger partial charge in [0.1, 0.15) is 10.6 Å². The number of aliphatic carboxylic acids is 1. The van der Waals surface area contributed by atoms with Crippen LogP contribution < -0.4 is 0 Å². The summed E-state index contributed by atoms with van der Waals surface area (Å²) >= 11 is 0. The van der Waals surface area contributed by atoms with Gasteiger partial charge in [-0.05, 0) is 80.3 Å². The fourth-order valence-corrected chi connectivity index (χ4v) is 9.66. The molecule has 3 aliphatic rings. The molecule has 0 bridgehead atoms. The number of pyridine rings is 1. The minimum absolute atomic E-state index is 0.158. The molecule has 246 valence electrons. The lowest BCUT2D eigenvalue weighted by molar-refractivity contribution is -0.350. The van der Waals surface area contributed by atoms with Crippen LogP contribution in [-0.2, 0) is 36.3 Å². The lowest BCUT2D eigenvalue weighted by atomic mass is 9.74. The monoisotopic (exact) mass is 668 g/mol. The van der Waals surface area contributed by atoms with Crippen LogP contribution in [0.1, 0.15) is 56.0 Å². The Bertz CT molecular complexity index is 1600. The Morgan fingerprint density at radius 3 is 2.13 bits per heavy atom. The van der Waals surface area contributed by atoms with Crippen LogP contribution in [0.4, 0.5) is 35.1 Å². The summed E-state index contributed by atoms with van der Waals surface area (Å²) in [5.74, 6) is -3.90. The number of fused-ring (bicyclic) bond motifs is 3. The third kappa shape index (κ3) is 4.97. The lowest BCUT2D eigenvalue weighted by Crippen LogP contribution is -2.54. The molecule has 2 aliphatic carbocycles. The molecule has 1 aromatic carbocycles. The summed E-state index contributed by atoms with van der Waals surface area (Å²) < 4.78 is 137. The van der Waals surface area contributed by atoms with Crippen molar-refractivity contribution in [2.24, 2.45) is 17.8 Å². The fourth-order valence-electron chi connectivity index (χ4n) is 7.30. The molecular weight excluding hydrogens is 640 g/mol. The van der Waals surface area contributed by atoms with E-state index in [9.17, 15) is 58.2 Å². The van der Waals surface area contributed by atoms with Gasteiger partial charge in [0.05, 0.1) is 22.5 Å². The van der Waals surface area contributed by atoms with E-state index in [1.54, 1.807) is 6.92 Å². The number of sulfone groups is 1. The highest BCUT2D eigenvalue weighted by Crippen LogP contribution is 2.56. The Hall–Kier alpha value is -3.30. The number of carboxylic acid groups (broad SMARTS) is 1. The SMILES string of the molecule is C[C@H]1C[C@H](C(=O)O)CC[C@H]1C(=O)N1CCC2(S(=O)(=O)c3ccc(F)cc3)c3ccc(C(F)(C(F)(F)F)C(F)(F)F)nc3CCC12. The Labute approximate surface area is 252 Å². The highest BCUT2D eigenvalue weighted by Gasteiger charge is 2.75. The standard InChI is InChI=1S/C29H28F8N2O5S/c1-15-14-16(25(41)42)2-7-19(15)24(40)39-13-12-26(45(43,44)18-5-3-17(30)4-6-18)20-8-10-22(38-21(20)9-11-23(26)39)27(31,28(32,33)34)29(35,36)37/h3-6,8,10,15-16,19,23H,2,7,9,11-14H2,1H3,(H,41,42)/t15-,16+,19+,23?,26?/m0/s1. The van der Waals surface area contributed by atoms with Crippen LogP contribution >= 0.6 is 0 Å². The van der Waals surface area contributed by atoms with E-state index in [0.717, 1.165) is 24.3 Å². The molecule has 0 radical (unpaired) electrons. The quantitative estimate of drug-likeness (QED) is 0.316. The molecule has 2 fully saturated rings. The van der Waals surface area contributed by atoms with E-state index >= 15 is 0 Å². The number of aryl methyl sites for hydroxylation is 1. The Morgan fingerprint density at radius 1 is 0.956 bits per heavy atom. The Balaban J connectivity index is 1.63. The first-order valence-corrected chi connectivity index (χ1v) is 15.6. The van der Waals surface area contributed by atoms with E-state index in [-0.39, 0.29) is 62.6 Å². The van der Waals surface area contributed by atoms with Crippen molar-refractivity contribution in [1.29, 1.82) is 0 Å².